The SMILES string of the molecule is O=C(/C=C/c1ccc(-c2cc(Cl)cc(Cl)c2)o1)NC(=S)Nc1cccc(-c2nc3ncccc3o2)c1. The zero-order valence-corrected chi connectivity index (χ0v) is 20.7. The number of furan rings is 1. The number of hydrogen-bond acceptors (Lipinski definition) is 6. The van der Waals surface area contributed by atoms with Gasteiger partial charge >= 0.3 is 0 Å². The quantitative estimate of drug-likeness (QED) is 0.185. The van der Waals surface area contributed by atoms with Gasteiger partial charge in [-0.3, -0.25) is 10.1 Å². The number of fused-ring (bicyclic) bond motifs is 1. The summed E-state index contributed by atoms with van der Waals surface area (Å²) in [6.45, 7) is 0. The Hall–Kier alpha value is -3.98. The van der Waals surface area contributed by atoms with Gasteiger partial charge in [-0.2, -0.15) is 4.98 Å². The van der Waals surface area contributed by atoms with Gasteiger partial charge in [0.15, 0.2) is 16.3 Å². The van der Waals surface area contributed by atoms with Crippen LogP contribution in [0, 0.1) is 0 Å². The highest BCUT2D eigenvalue weighted by Crippen LogP contribution is 2.29. The molecule has 2 N–H and O–H groups in total. The van der Waals surface area contributed by atoms with Crippen LogP contribution in [0.1, 0.15) is 5.76 Å². The minimum Gasteiger partial charge on any atom is -0.457 e. The van der Waals surface area contributed by atoms with E-state index in [4.69, 9.17) is 44.3 Å². The zero-order chi connectivity index (χ0) is 25.1. The number of anilines is 1. The first kappa shape index (κ1) is 23.7. The maximum absolute atomic E-state index is 12.3. The topological polar surface area (TPSA) is 93.2 Å². The fourth-order valence-corrected chi connectivity index (χ4v) is 4.13. The molecule has 0 aliphatic heterocycles. The van der Waals surface area contributed by atoms with Gasteiger partial charge in [0.25, 0.3) is 0 Å². The maximum Gasteiger partial charge on any atom is 0.250 e. The van der Waals surface area contributed by atoms with Crippen LogP contribution in [0.5, 0.6) is 0 Å². The van der Waals surface area contributed by atoms with Crippen LogP contribution in [0.3, 0.4) is 0 Å². The van der Waals surface area contributed by atoms with Gasteiger partial charge in [-0.05, 0) is 79.0 Å². The van der Waals surface area contributed by atoms with Crippen LogP contribution in [0.25, 0.3) is 40.1 Å². The molecule has 3 heterocycles. The fourth-order valence-electron chi connectivity index (χ4n) is 3.39. The van der Waals surface area contributed by atoms with E-state index in [1.165, 1.54) is 12.2 Å². The number of carbonyl (C=O) groups is 1. The maximum atomic E-state index is 12.3. The van der Waals surface area contributed by atoms with E-state index < -0.39 is 5.91 Å². The number of nitrogens with one attached hydrogen (secondary N) is 2. The summed E-state index contributed by atoms with van der Waals surface area (Å²) in [5, 5.41) is 6.72. The van der Waals surface area contributed by atoms with Crippen molar-refractivity contribution in [1.29, 1.82) is 0 Å². The number of hydrogen-bond donors (Lipinski definition) is 2. The minimum absolute atomic E-state index is 0.134. The van der Waals surface area contributed by atoms with Gasteiger partial charge < -0.3 is 14.2 Å². The molecule has 0 spiro atoms. The van der Waals surface area contributed by atoms with Crippen molar-refractivity contribution in [3.05, 3.63) is 94.8 Å². The molecular weight excluding hydrogens is 519 g/mol. The molecule has 0 saturated heterocycles. The van der Waals surface area contributed by atoms with E-state index in [1.54, 1.807) is 48.7 Å². The Labute approximate surface area is 220 Å². The lowest BCUT2D eigenvalue weighted by Crippen LogP contribution is -2.32. The highest BCUT2D eigenvalue weighted by Gasteiger charge is 2.10. The molecule has 0 bridgehead atoms. The molecule has 7 nitrogen and oxygen atoms in total. The van der Waals surface area contributed by atoms with Crippen molar-refractivity contribution < 1.29 is 13.6 Å². The Morgan fingerprint density at radius 3 is 2.58 bits per heavy atom. The zero-order valence-electron chi connectivity index (χ0n) is 18.4. The van der Waals surface area contributed by atoms with Crippen molar-refractivity contribution in [2.75, 3.05) is 5.32 Å². The predicted octanol–water partition coefficient (Wildman–Crippen LogP) is 6.98. The third-order valence-corrected chi connectivity index (χ3v) is 5.58. The number of thiocarbonyl (C=S) groups is 1. The Morgan fingerprint density at radius 2 is 1.78 bits per heavy atom. The molecule has 0 radical (unpaired) electrons. The number of pyridine rings is 1. The summed E-state index contributed by atoms with van der Waals surface area (Å²) in [4.78, 5) is 20.9. The fraction of sp³-hybridized carbons (Fsp3) is 0. The molecule has 1 amide bonds. The van der Waals surface area contributed by atoms with E-state index in [0.717, 1.165) is 11.1 Å². The Bertz CT molecular complexity index is 1570. The highest BCUT2D eigenvalue weighted by molar-refractivity contribution is 7.80. The van der Waals surface area contributed by atoms with E-state index in [-0.39, 0.29) is 5.11 Å². The molecule has 178 valence electrons. The second-order valence-corrected chi connectivity index (χ2v) is 8.84. The number of halogens is 2. The third kappa shape index (κ3) is 5.63. The van der Waals surface area contributed by atoms with Crippen molar-refractivity contribution in [3.63, 3.8) is 0 Å². The smallest absolute Gasteiger partial charge is 0.250 e. The van der Waals surface area contributed by atoms with Gasteiger partial charge in [0.2, 0.25) is 11.8 Å². The molecule has 0 fully saturated rings. The van der Waals surface area contributed by atoms with E-state index in [1.807, 2.05) is 24.3 Å². The third-order valence-electron chi connectivity index (χ3n) is 4.94. The molecule has 10 heteroatoms. The van der Waals surface area contributed by atoms with E-state index >= 15 is 0 Å². The van der Waals surface area contributed by atoms with Gasteiger partial charge in [-0.25, -0.2) is 4.98 Å². The first-order valence-corrected chi connectivity index (χ1v) is 11.8. The largest absolute Gasteiger partial charge is 0.457 e. The normalized spacial score (nSPS) is 11.2. The molecule has 0 aliphatic carbocycles. The first-order valence-electron chi connectivity index (χ1n) is 10.6. The summed E-state index contributed by atoms with van der Waals surface area (Å²) in [7, 11) is 0. The van der Waals surface area contributed by atoms with Crippen LogP contribution < -0.4 is 10.6 Å². The second kappa shape index (κ2) is 10.3. The lowest BCUT2D eigenvalue weighted by atomic mass is 10.2. The van der Waals surface area contributed by atoms with Crippen molar-refractivity contribution >= 4 is 69.4 Å². The van der Waals surface area contributed by atoms with Crippen molar-refractivity contribution in [3.8, 4) is 22.8 Å². The summed E-state index contributed by atoms with van der Waals surface area (Å²) in [5.74, 6) is 1.07. The molecule has 36 heavy (non-hydrogen) atoms. The first-order chi connectivity index (χ1) is 17.4. The summed E-state index contributed by atoms with van der Waals surface area (Å²) < 4.78 is 11.5. The molecule has 3 aromatic heterocycles. The average Bonchev–Trinajstić information content (AvgIpc) is 3.50. The Kier molecular flexibility index (Phi) is 6.81. The number of nitrogens with zero attached hydrogens (tertiary/aromatic N) is 2. The van der Waals surface area contributed by atoms with Crippen molar-refractivity contribution in [1.82, 2.24) is 15.3 Å². The molecule has 0 saturated carbocycles. The minimum atomic E-state index is -0.419. The van der Waals surface area contributed by atoms with E-state index in [2.05, 4.69) is 20.6 Å². The molecule has 2 aromatic carbocycles. The van der Waals surface area contributed by atoms with Crippen LogP contribution in [0.2, 0.25) is 10.0 Å². The predicted molar refractivity (Wildman–Crippen MR) is 145 cm³/mol. The van der Waals surface area contributed by atoms with Gasteiger partial charge in [0.1, 0.15) is 11.5 Å². The standard InChI is InChI=1S/C26H16Cl2N4O3S/c27-17-11-16(12-18(28)14-17)21-8-6-20(34-21)7-9-23(33)31-26(36)30-19-4-1-3-15(13-19)25-32-24-22(35-25)5-2-10-29-24/h1-14H,(H2,30,31,33,36)/b9-7+. The summed E-state index contributed by atoms with van der Waals surface area (Å²) in [6.07, 6.45) is 4.51. The van der Waals surface area contributed by atoms with Gasteiger partial charge in [0, 0.05) is 39.1 Å². The van der Waals surface area contributed by atoms with Crippen LogP contribution in [-0.4, -0.2) is 21.0 Å². The van der Waals surface area contributed by atoms with E-state index in [9.17, 15) is 4.79 Å². The van der Waals surface area contributed by atoms with Crippen LogP contribution in [0.15, 0.2) is 87.8 Å². The number of amides is 1. The Balaban J connectivity index is 1.20. The summed E-state index contributed by atoms with van der Waals surface area (Å²) in [6, 6.07) is 19.5. The lowest BCUT2D eigenvalue weighted by molar-refractivity contribution is -0.115. The Morgan fingerprint density at radius 1 is 0.944 bits per heavy atom. The molecule has 5 aromatic rings. The van der Waals surface area contributed by atoms with Crippen LogP contribution in [0.4, 0.5) is 5.69 Å². The number of benzene rings is 2. The number of rotatable bonds is 5. The molecule has 0 aliphatic rings. The van der Waals surface area contributed by atoms with Crippen LogP contribution in [-0.2, 0) is 4.79 Å². The lowest BCUT2D eigenvalue weighted by Gasteiger charge is -2.08. The highest BCUT2D eigenvalue weighted by atomic mass is 35.5. The number of aromatic nitrogens is 2. The molecule has 0 unspecified atom stereocenters. The van der Waals surface area contributed by atoms with E-state index in [0.29, 0.717) is 44.4 Å². The van der Waals surface area contributed by atoms with Crippen molar-refractivity contribution in [2.45, 2.75) is 0 Å². The van der Waals surface area contributed by atoms with Gasteiger partial charge in [-0.15, -0.1) is 0 Å². The monoisotopic (exact) mass is 534 g/mol. The number of oxazole rings is 1. The number of carbonyl (C=O) groups excluding carboxylic acids is 1. The average molecular weight is 535 g/mol. The molecule has 0 atom stereocenters. The molecular formula is C26H16Cl2N4O3S. The van der Waals surface area contributed by atoms with Gasteiger partial charge in [-0.1, -0.05) is 29.3 Å². The molecule has 5 rings (SSSR count). The summed E-state index contributed by atoms with van der Waals surface area (Å²) in [5.41, 5.74) is 3.26. The van der Waals surface area contributed by atoms with Crippen LogP contribution >= 0.6 is 35.4 Å². The summed E-state index contributed by atoms with van der Waals surface area (Å²) >= 11 is 17.4. The second-order valence-electron chi connectivity index (χ2n) is 7.56. The van der Waals surface area contributed by atoms with Gasteiger partial charge in [0.05, 0.1) is 0 Å². The van der Waals surface area contributed by atoms with Crippen molar-refractivity contribution in [2.24, 2.45) is 0 Å².